The molecule has 0 spiro atoms. The quantitative estimate of drug-likeness (QED) is 0.460. The Morgan fingerprint density at radius 3 is 2.66 bits per heavy atom. The van der Waals surface area contributed by atoms with Gasteiger partial charge in [0, 0.05) is 17.8 Å². The first-order valence-electron chi connectivity index (χ1n) is 9.03. The Kier molecular flexibility index (Phi) is 5.11. The van der Waals surface area contributed by atoms with Gasteiger partial charge in [0.1, 0.15) is 17.0 Å². The Bertz CT molecular complexity index is 1130. The van der Waals surface area contributed by atoms with Crippen LogP contribution in [0.15, 0.2) is 71.4 Å². The van der Waals surface area contributed by atoms with Crippen molar-refractivity contribution in [2.75, 3.05) is 7.11 Å². The third kappa shape index (κ3) is 4.03. The molecule has 0 aliphatic heterocycles. The normalized spacial score (nSPS) is 10.7. The molecule has 2 heterocycles. The van der Waals surface area contributed by atoms with Gasteiger partial charge >= 0.3 is 5.97 Å². The van der Waals surface area contributed by atoms with Crippen molar-refractivity contribution in [3.63, 3.8) is 0 Å². The van der Waals surface area contributed by atoms with Gasteiger partial charge in [0.25, 0.3) is 0 Å². The van der Waals surface area contributed by atoms with Gasteiger partial charge in [0.15, 0.2) is 12.4 Å². The highest BCUT2D eigenvalue weighted by Gasteiger charge is 2.21. The Hall–Kier alpha value is -3.87. The van der Waals surface area contributed by atoms with Crippen LogP contribution in [-0.4, -0.2) is 28.0 Å². The van der Waals surface area contributed by atoms with Crippen molar-refractivity contribution in [2.24, 2.45) is 0 Å². The number of carbonyl (C=O) groups excluding carboxylic acids is 1. The highest BCUT2D eigenvalue weighted by atomic mass is 16.5. The lowest BCUT2D eigenvalue weighted by atomic mass is 10.1. The maximum atomic E-state index is 12.8. The van der Waals surface area contributed by atoms with Gasteiger partial charge in [-0.2, -0.15) is 5.10 Å². The summed E-state index contributed by atoms with van der Waals surface area (Å²) in [4.78, 5) is 12.8. The number of hydrogen-bond donors (Lipinski definition) is 0. The largest absolute Gasteiger partial charge is 0.497 e. The van der Waals surface area contributed by atoms with Crippen LogP contribution in [0.4, 0.5) is 0 Å². The number of rotatable bonds is 6. The molecule has 7 heteroatoms. The molecule has 146 valence electrons. The van der Waals surface area contributed by atoms with E-state index in [0.717, 1.165) is 16.9 Å². The van der Waals surface area contributed by atoms with E-state index < -0.39 is 5.97 Å². The molecule has 0 aliphatic carbocycles. The predicted octanol–water partition coefficient (Wildman–Crippen LogP) is 4.20. The van der Waals surface area contributed by atoms with E-state index in [4.69, 9.17) is 14.0 Å². The lowest BCUT2D eigenvalue weighted by Gasteiger charge is -2.05. The number of para-hydroxylation sites is 1. The number of hydrogen-bond acceptors (Lipinski definition) is 6. The average molecular weight is 389 g/mol. The van der Waals surface area contributed by atoms with Crippen molar-refractivity contribution in [1.29, 1.82) is 0 Å². The van der Waals surface area contributed by atoms with Crippen LogP contribution in [-0.2, 0) is 11.3 Å². The molecule has 0 atom stereocenters. The van der Waals surface area contributed by atoms with Gasteiger partial charge < -0.3 is 14.0 Å². The Morgan fingerprint density at radius 1 is 1.10 bits per heavy atom. The number of methoxy groups -OCH3 is 1. The maximum Gasteiger partial charge on any atom is 0.342 e. The molecule has 0 saturated carbocycles. The number of aromatic nitrogens is 3. The van der Waals surface area contributed by atoms with E-state index in [0.29, 0.717) is 22.8 Å². The van der Waals surface area contributed by atoms with Gasteiger partial charge in [0.05, 0.1) is 18.5 Å². The molecule has 0 aliphatic rings. The fourth-order valence-electron chi connectivity index (χ4n) is 2.92. The maximum absolute atomic E-state index is 12.8. The molecular formula is C22H19N3O4. The van der Waals surface area contributed by atoms with E-state index in [9.17, 15) is 4.79 Å². The monoisotopic (exact) mass is 389 g/mol. The summed E-state index contributed by atoms with van der Waals surface area (Å²) in [5, 5.41) is 8.43. The zero-order valence-corrected chi connectivity index (χ0v) is 16.0. The number of nitrogens with zero attached hydrogens (tertiary/aromatic N) is 3. The van der Waals surface area contributed by atoms with Crippen molar-refractivity contribution < 1.29 is 18.8 Å². The average Bonchev–Trinajstić information content (AvgIpc) is 3.39. The highest BCUT2D eigenvalue weighted by Crippen LogP contribution is 2.27. The summed E-state index contributed by atoms with van der Waals surface area (Å²) in [7, 11) is 1.59. The standard InChI is InChI=1S/C22H19N3O4/c1-15-11-19(29-24-15)14-28-22(26)20-13-25(17-8-4-3-5-9-17)23-21(20)16-7-6-10-18(12-16)27-2/h3-13H,14H2,1-2H3. The summed E-state index contributed by atoms with van der Waals surface area (Å²) < 4.78 is 17.5. The minimum Gasteiger partial charge on any atom is -0.497 e. The van der Waals surface area contributed by atoms with Crippen LogP contribution >= 0.6 is 0 Å². The minimum atomic E-state index is -0.501. The molecule has 0 fully saturated rings. The molecule has 0 amide bonds. The minimum absolute atomic E-state index is 0.00621. The third-order valence-electron chi connectivity index (χ3n) is 4.32. The second kappa shape index (κ2) is 8.02. The first-order chi connectivity index (χ1) is 14.1. The highest BCUT2D eigenvalue weighted by molar-refractivity contribution is 5.96. The third-order valence-corrected chi connectivity index (χ3v) is 4.32. The fraction of sp³-hybridized carbons (Fsp3) is 0.136. The van der Waals surface area contributed by atoms with Crippen LogP contribution in [0, 0.1) is 6.92 Å². The summed E-state index contributed by atoms with van der Waals surface area (Å²) in [6.07, 6.45) is 1.66. The molecule has 0 bridgehead atoms. The van der Waals surface area contributed by atoms with Crippen molar-refractivity contribution in [1.82, 2.24) is 14.9 Å². The molecule has 7 nitrogen and oxygen atoms in total. The van der Waals surface area contributed by atoms with Crippen LogP contribution in [0.1, 0.15) is 21.8 Å². The SMILES string of the molecule is COc1cccc(-c2nn(-c3ccccc3)cc2C(=O)OCc2cc(C)no2)c1. The molecule has 0 N–H and O–H groups in total. The zero-order chi connectivity index (χ0) is 20.2. The van der Waals surface area contributed by atoms with E-state index in [1.54, 1.807) is 31.0 Å². The summed E-state index contributed by atoms with van der Waals surface area (Å²) >= 11 is 0. The van der Waals surface area contributed by atoms with Crippen LogP contribution in [0.3, 0.4) is 0 Å². The lowest BCUT2D eigenvalue weighted by Crippen LogP contribution is -2.05. The van der Waals surface area contributed by atoms with Gasteiger partial charge in [-0.05, 0) is 31.2 Å². The number of esters is 1. The number of benzene rings is 2. The van der Waals surface area contributed by atoms with E-state index in [1.165, 1.54) is 0 Å². The Labute approximate surface area is 167 Å². The predicted molar refractivity (Wildman–Crippen MR) is 106 cm³/mol. The van der Waals surface area contributed by atoms with Crippen molar-refractivity contribution in [2.45, 2.75) is 13.5 Å². The summed E-state index contributed by atoms with van der Waals surface area (Å²) in [5.41, 5.74) is 3.16. The van der Waals surface area contributed by atoms with Crippen LogP contribution in [0.25, 0.3) is 16.9 Å². The molecule has 2 aromatic carbocycles. The van der Waals surface area contributed by atoms with Gasteiger partial charge in [-0.1, -0.05) is 35.5 Å². The molecule has 4 rings (SSSR count). The van der Waals surface area contributed by atoms with Gasteiger partial charge in [-0.25, -0.2) is 9.48 Å². The second-order valence-corrected chi connectivity index (χ2v) is 6.41. The molecule has 2 aromatic heterocycles. The first kappa shape index (κ1) is 18.5. The Balaban J connectivity index is 1.70. The summed E-state index contributed by atoms with van der Waals surface area (Å²) in [6.45, 7) is 1.80. The smallest absolute Gasteiger partial charge is 0.342 e. The second-order valence-electron chi connectivity index (χ2n) is 6.41. The van der Waals surface area contributed by atoms with Gasteiger partial charge in [0.2, 0.25) is 0 Å². The molecule has 29 heavy (non-hydrogen) atoms. The number of carbonyl (C=O) groups is 1. The topological polar surface area (TPSA) is 79.4 Å². The lowest BCUT2D eigenvalue weighted by molar-refractivity contribution is 0.0438. The van der Waals surface area contributed by atoms with Crippen molar-refractivity contribution in [3.05, 3.63) is 83.9 Å². The van der Waals surface area contributed by atoms with Crippen LogP contribution in [0.2, 0.25) is 0 Å². The first-order valence-corrected chi connectivity index (χ1v) is 9.03. The molecule has 4 aromatic rings. The van der Waals surface area contributed by atoms with E-state index >= 15 is 0 Å². The number of aryl methyl sites for hydroxylation is 1. The van der Waals surface area contributed by atoms with E-state index in [-0.39, 0.29) is 6.61 Å². The van der Waals surface area contributed by atoms with Crippen LogP contribution < -0.4 is 4.74 Å². The fourth-order valence-corrected chi connectivity index (χ4v) is 2.92. The molecular weight excluding hydrogens is 370 g/mol. The summed E-state index contributed by atoms with van der Waals surface area (Å²) in [5.74, 6) is 0.654. The van der Waals surface area contributed by atoms with Gasteiger partial charge in [-0.15, -0.1) is 0 Å². The Morgan fingerprint density at radius 2 is 1.93 bits per heavy atom. The number of ether oxygens (including phenoxy) is 2. The van der Waals surface area contributed by atoms with Gasteiger partial charge in [-0.3, -0.25) is 0 Å². The molecule has 0 radical (unpaired) electrons. The van der Waals surface area contributed by atoms with Crippen molar-refractivity contribution in [3.8, 4) is 22.7 Å². The summed E-state index contributed by atoms with van der Waals surface area (Å²) in [6, 6.07) is 18.7. The van der Waals surface area contributed by atoms with Crippen LogP contribution in [0.5, 0.6) is 5.75 Å². The van der Waals surface area contributed by atoms with E-state index in [1.807, 2.05) is 54.6 Å². The van der Waals surface area contributed by atoms with Crippen molar-refractivity contribution >= 4 is 5.97 Å². The molecule has 0 unspecified atom stereocenters. The molecule has 0 saturated heterocycles. The zero-order valence-electron chi connectivity index (χ0n) is 16.0. The van der Waals surface area contributed by atoms with E-state index in [2.05, 4.69) is 10.3 Å².